The number of esters is 1. The van der Waals surface area contributed by atoms with Crippen LogP contribution in [0.15, 0.2) is 0 Å². The fourth-order valence-electron chi connectivity index (χ4n) is 1.01. The molecule has 0 aliphatic heterocycles. The second kappa shape index (κ2) is 6.32. The molecule has 0 saturated carbocycles. The van der Waals surface area contributed by atoms with E-state index in [1.807, 2.05) is 0 Å². The van der Waals surface area contributed by atoms with Crippen LogP contribution in [0.25, 0.3) is 0 Å². The number of carbonyl (C=O) groups excluding carboxylic acids is 2. The molecule has 6 heteroatoms. The summed E-state index contributed by atoms with van der Waals surface area (Å²) in [5.41, 5.74) is 4.72. The van der Waals surface area contributed by atoms with E-state index in [2.05, 4.69) is 10.1 Å². The van der Waals surface area contributed by atoms with E-state index in [9.17, 15) is 9.59 Å². The Labute approximate surface area is 95.5 Å². The maximum Gasteiger partial charge on any atom is 0.408 e. The first kappa shape index (κ1) is 14.7. The molecule has 0 fully saturated rings. The highest BCUT2D eigenvalue weighted by molar-refractivity contribution is 5.81. The first-order chi connectivity index (χ1) is 7.30. The molecule has 6 nitrogen and oxygen atoms in total. The Hall–Kier alpha value is -1.30. The molecule has 0 radical (unpaired) electrons. The molecule has 0 heterocycles. The molecule has 94 valence electrons. The minimum absolute atomic E-state index is 0.273. The summed E-state index contributed by atoms with van der Waals surface area (Å²) < 4.78 is 9.54. The van der Waals surface area contributed by atoms with Gasteiger partial charge in [0.25, 0.3) is 0 Å². The second-order valence-electron chi connectivity index (χ2n) is 4.30. The average Bonchev–Trinajstić information content (AvgIpc) is 2.13. The lowest BCUT2D eigenvalue weighted by Gasteiger charge is -2.22. The number of hydrogen-bond acceptors (Lipinski definition) is 5. The van der Waals surface area contributed by atoms with E-state index in [4.69, 9.17) is 10.5 Å². The van der Waals surface area contributed by atoms with Crippen LogP contribution in [0.4, 0.5) is 4.79 Å². The maximum absolute atomic E-state index is 11.4. The predicted molar refractivity (Wildman–Crippen MR) is 58.8 cm³/mol. The standard InChI is InChI=1S/C10H20N2O4/c1-10(2,3)16-9(14)12-7(5-6-11)8(13)15-4/h7H,5-6,11H2,1-4H3,(H,12,14)/t7-/m0/s1. The van der Waals surface area contributed by atoms with Crippen molar-refractivity contribution in [3.8, 4) is 0 Å². The van der Waals surface area contributed by atoms with Crippen molar-refractivity contribution in [2.45, 2.75) is 38.8 Å². The van der Waals surface area contributed by atoms with E-state index < -0.39 is 23.7 Å². The molecule has 1 atom stereocenters. The van der Waals surface area contributed by atoms with E-state index >= 15 is 0 Å². The minimum atomic E-state index is -0.759. The number of ether oxygens (including phenoxy) is 2. The fraction of sp³-hybridized carbons (Fsp3) is 0.800. The summed E-state index contributed by atoms with van der Waals surface area (Å²) >= 11 is 0. The van der Waals surface area contributed by atoms with Gasteiger partial charge in [-0.15, -0.1) is 0 Å². The lowest BCUT2D eigenvalue weighted by atomic mass is 10.2. The van der Waals surface area contributed by atoms with Crippen LogP contribution in [0.2, 0.25) is 0 Å². The molecule has 16 heavy (non-hydrogen) atoms. The van der Waals surface area contributed by atoms with Crippen molar-refractivity contribution in [3.63, 3.8) is 0 Å². The molecule has 0 aliphatic rings. The van der Waals surface area contributed by atoms with Crippen LogP contribution in [0, 0.1) is 0 Å². The van der Waals surface area contributed by atoms with Crippen molar-refractivity contribution in [2.75, 3.05) is 13.7 Å². The van der Waals surface area contributed by atoms with Crippen LogP contribution in [0.5, 0.6) is 0 Å². The Morgan fingerprint density at radius 1 is 1.38 bits per heavy atom. The first-order valence-electron chi connectivity index (χ1n) is 5.07. The summed E-state index contributed by atoms with van der Waals surface area (Å²) in [6.45, 7) is 5.49. The van der Waals surface area contributed by atoms with Gasteiger partial charge in [0.15, 0.2) is 0 Å². The molecule has 3 N–H and O–H groups in total. The van der Waals surface area contributed by atoms with Gasteiger partial charge in [-0.3, -0.25) is 0 Å². The summed E-state index contributed by atoms with van der Waals surface area (Å²) in [5, 5.41) is 2.41. The van der Waals surface area contributed by atoms with Crippen molar-refractivity contribution < 1.29 is 19.1 Å². The van der Waals surface area contributed by atoms with E-state index in [0.717, 1.165) is 0 Å². The van der Waals surface area contributed by atoms with Gasteiger partial charge in [0.2, 0.25) is 0 Å². The van der Waals surface area contributed by atoms with Crippen LogP contribution in [0.3, 0.4) is 0 Å². The molecular formula is C10H20N2O4. The number of carbonyl (C=O) groups is 2. The Morgan fingerprint density at radius 2 is 1.94 bits per heavy atom. The Morgan fingerprint density at radius 3 is 2.31 bits per heavy atom. The van der Waals surface area contributed by atoms with Gasteiger partial charge >= 0.3 is 12.1 Å². The summed E-state index contributed by atoms with van der Waals surface area (Å²) in [4.78, 5) is 22.6. The highest BCUT2D eigenvalue weighted by Crippen LogP contribution is 2.07. The average molecular weight is 232 g/mol. The molecule has 0 aromatic rings. The molecule has 0 unspecified atom stereocenters. The second-order valence-corrected chi connectivity index (χ2v) is 4.30. The summed E-state index contributed by atoms with van der Waals surface area (Å²) in [6.07, 6.45) is -0.345. The Bertz CT molecular complexity index is 248. The van der Waals surface area contributed by atoms with Crippen molar-refractivity contribution in [1.29, 1.82) is 0 Å². The van der Waals surface area contributed by atoms with Crippen molar-refractivity contribution in [3.05, 3.63) is 0 Å². The zero-order valence-electron chi connectivity index (χ0n) is 10.2. The maximum atomic E-state index is 11.4. The van der Waals surface area contributed by atoms with E-state index in [0.29, 0.717) is 6.42 Å². The number of amides is 1. The molecule has 0 aromatic carbocycles. The van der Waals surface area contributed by atoms with Gasteiger partial charge in [0, 0.05) is 0 Å². The van der Waals surface area contributed by atoms with Crippen molar-refractivity contribution in [2.24, 2.45) is 5.73 Å². The van der Waals surface area contributed by atoms with Gasteiger partial charge in [0.1, 0.15) is 11.6 Å². The molecule has 0 aromatic heterocycles. The van der Waals surface area contributed by atoms with E-state index in [1.54, 1.807) is 20.8 Å². The number of hydrogen-bond donors (Lipinski definition) is 2. The molecule has 1 amide bonds. The number of nitrogens with two attached hydrogens (primary N) is 1. The van der Waals surface area contributed by atoms with Crippen LogP contribution < -0.4 is 11.1 Å². The Kier molecular flexibility index (Phi) is 5.81. The summed E-state index contributed by atoms with van der Waals surface area (Å²) in [7, 11) is 1.25. The molecular weight excluding hydrogens is 212 g/mol. The monoisotopic (exact) mass is 232 g/mol. The van der Waals surface area contributed by atoms with Gasteiger partial charge in [-0.05, 0) is 33.7 Å². The van der Waals surface area contributed by atoms with Gasteiger partial charge in [-0.25, -0.2) is 9.59 Å². The Balaban J connectivity index is 4.29. The largest absolute Gasteiger partial charge is 0.467 e. The minimum Gasteiger partial charge on any atom is -0.467 e. The predicted octanol–water partition coefficient (Wildman–Crippen LogP) is 0.401. The zero-order valence-corrected chi connectivity index (χ0v) is 10.2. The van der Waals surface area contributed by atoms with E-state index in [-0.39, 0.29) is 6.54 Å². The van der Waals surface area contributed by atoms with Gasteiger partial charge < -0.3 is 20.5 Å². The number of methoxy groups -OCH3 is 1. The lowest BCUT2D eigenvalue weighted by Crippen LogP contribution is -2.44. The molecule has 0 rings (SSSR count). The van der Waals surface area contributed by atoms with Gasteiger partial charge in [-0.1, -0.05) is 0 Å². The molecule has 0 aliphatic carbocycles. The van der Waals surface area contributed by atoms with Gasteiger partial charge in [-0.2, -0.15) is 0 Å². The van der Waals surface area contributed by atoms with Crippen LogP contribution >= 0.6 is 0 Å². The topological polar surface area (TPSA) is 90.6 Å². The highest BCUT2D eigenvalue weighted by atomic mass is 16.6. The normalized spacial score (nSPS) is 12.8. The summed E-state index contributed by atoms with van der Waals surface area (Å²) in [5.74, 6) is -0.531. The third kappa shape index (κ3) is 6.23. The number of rotatable bonds is 4. The number of alkyl carbamates (subject to hydrolysis) is 1. The SMILES string of the molecule is COC(=O)[C@H](CCN)NC(=O)OC(C)(C)C. The van der Waals surface area contributed by atoms with Gasteiger partial charge in [0.05, 0.1) is 7.11 Å². The third-order valence-electron chi connectivity index (χ3n) is 1.63. The fourth-order valence-corrected chi connectivity index (χ4v) is 1.01. The molecule has 0 spiro atoms. The molecule has 0 saturated heterocycles. The summed E-state index contributed by atoms with van der Waals surface area (Å²) in [6, 6.07) is -0.759. The zero-order chi connectivity index (χ0) is 12.8. The van der Waals surface area contributed by atoms with Crippen molar-refractivity contribution in [1.82, 2.24) is 5.32 Å². The lowest BCUT2D eigenvalue weighted by molar-refractivity contribution is -0.143. The van der Waals surface area contributed by atoms with Crippen LogP contribution in [0.1, 0.15) is 27.2 Å². The third-order valence-corrected chi connectivity index (χ3v) is 1.63. The van der Waals surface area contributed by atoms with Crippen molar-refractivity contribution >= 4 is 12.1 Å². The quantitative estimate of drug-likeness (QED) is 0.685. The first-order valence-corrected chi connectivity index (χ1v) is 5.07. The molecule has 0 bridgehead atoms. The van der Waals surface area contributed by atoms with Crippen LogP contribution in [-0.4, -0.2) is 37.4 Å². The van der Waals surface area contributed by atoms with E-state index in [1.165, 1.54) is 7.11 Å². The van der Waals surface area contributed by atoms with Crippen LogP contribution in [-0.2, 0) is 14.3 Å². The number of nitrogens with one attached hydrogen (secondary N) is 1. The smallest absolute Gasteiger partial charge is 0.408 e. The highest BCUT2D eigenvalue weighted by Gasteiger charge is 2.24.